The predicted octanol–water partition coefficient (Wildman–Crippen LogP) is 5.79. The van der Waals surface area contributed by atoms with Crippen molar-refractivity contribution in [2.24, 2.45) is 16.6 Å². The summed E-state index contributed by atoms with van der Waals surface area (Å²) in [7, 11) is 0. The maximum Gasteiger partial charge on any atom is 0.141 e. The van der Waals surface area contributed by atoms with E-state index in [1.54, 1.807) is 11.3 Å². The molecule has 4 rings (SSSR count). The molecule has 1 atom stereocenters. The van der Waals surface area contributed by atoms with Gasteiger partial charge in [-0.25, -0.2) is 4.99 Å². The second kappa shape index (κ2) is 9.89. The van der Waals surface area contributed by atoms with Crippen molar-refractivity contribution in [2.45, 2.75) is 46.0 Å². The zero-order chi connectivity index (χ0) is 19.9. The summed E-state index contributed by atoms with van der Waals surface area (Å²) in [5, 5.41) is 6.78. The van der Waals surface area contributed by atoms with Crippen LogP contribution in [0.25, 0.3) is 10.9 Å². The second-order valence-corrected chi connectivity index (χ2v) is 8.48. The number of nitrogens with zero attached hydrogens (tertiary/aromatic N) is 1. The number of nitrogens with one attached hydrogen (secondary N) is 2. The van der Waals surface area contributed by atoms with Crippen LogP contribution >= 0.6 is 11.3 Å². The van der Waals surface area contributed by atoms with Crippen LogP contribution in [0.1, 0.15) is 56.4 Å². The monoisotopic (exact) mass is 396 g/mol. The molecule has 3 heterocycles. The van der Waals surface area contributed by atoms with Gasteiger partial charge in [0.15, 0.2) is 0 Å². The van der Waals surface area contributed by atoms with Crippen LogP contribution in [0.3, 0.4) is 0 Å². The number of piperidine rings is 1. The van der Waals surface area contributed by atoms with Crippen LogP contribution in [-0.2, 0) is 0 Å². The fourth-order valence-electron chi connectivity index (χ4n) is 3.80. The van der Waals surface area contributed by atoms with Crippen LogP contribution in [-0.4, -0.2) is 23.9 Å². The number of nitrogens with two attached hydrogens (primary N) is 1. The van der Waals surface area contributed by atoms with Gasteiger partial charge in [-0.1, -0.05) is 39.3 Å². The number of aliphatic imine (C=N–C) groups is 1. The number of hydrogen-bond donors (Lipinski definition) is 3. The van der Waals surface area contributed by atoms with E-state index in [0.29, 0.717) is 11.8 Å². The molecule has 150 valence electrons. The molecule has 1 saturated heterocycles. The highest BCUT2D eigenvalue weighted by molar-refractivity contribution is 7.12. The molecule has 0 saturated carbocycles. The summed E-state index contributed by atoms with van der Waals surface area (Å²) in [6, 6.07) is 10.3. The van der Waals surface area contributed by atoms with Gasteiger partial charge in [0, 0.05) is 17.1 Å². The van der Waals surface area contributed by atoms with E-state index in [1.165, 1.54) is 30.2 Å². The summed E-state index contributed by atoms with van der Waals surface area (Å²) in [6.45, 7) is 8.88. The predicted molar refractivity (Wildman–Crippen MR) is 123 cm³/mol. The fourth-order valence-corrected chi connectivity index (χ4v) is 4.43. The smallest absolute Gasteiger partial charge is 0.141 e. The van der Waals surface area contributed by atoms with Gasteiger partial charge in [-0.05, 0) is 66.9 Å². The van der Waals surface area contributed by atoms with Crippen LogP contribution < -0.4 is 11.1 Å². The molecule has 0 spiro atoms. The number of aromatic amines is 1. The normalized spacial score (nSPS) is 16.6. The number of amidine groups is 1. The zero-order valence-electron chi connectivity index (χ0n) is 17.2. The van der Waals surface area contributed by atoms with E-state index in [9.17, 15) is 0 Å². The lowest BCUT2D eigenvalue weighted by molar-refractivity contribution is 0.331. The Labute approximate surface area is 172 Å². The molecule has 0 radical (unpaired) electrons. The highest BCUT2D eigenvalue weighted by Gasteiger charge is 2.23. The third-order valence-corrected chi connectivity index (χ3v) is 6.19. The van der Waals surface area contributed by atoms with Crippen LogP contribution in [0.15, 0.2) is 46.9 Å². The Bertz CT molecular complexity index is 889. The van der Waals surface area contributed by atoms with Crippen molar-refractivity contribution in [2.75, 3.05) is 13.1 Å². The van der Waals surface area contributed by atoms with E-state index in [-0.39, 0.29) is 0 Å². The second-order valence-electron chi connectivity index (χ2n) is 7.53. The van der Waals surface area contributed by atoms with E-state index >= 15 is 0 Å². The largest absolute Gasteiger partial charge is 0.383 e. The van der Waals surface area contributed by atoms with E-state index in [4.69, 9.17) is 5.73 Å². The van der Waals surface area contributed by atoms with Crippen molar-refractivity contribution in [1.82, 2.24) is 10.3 Å². The Kier molecular flexibility index (Phi) is 7.29. The van der Waals surface area contributed by atoms with E-state index < -0.39 is 0 Å². The summed E-state index contributed by atoms with van der Waals surface area (Å²) in [6.07, 6.45) is 5.94. The van der Waals surface area contributed by atoms with Crippen LogP contribution in [0, 0.1) is 5.92 Å². The minimum absolute atomic E-state index is 0.571. The topological polar surface area (TPSA) is 66.2 Å². The van der Waals surface area contributed by atoms with Gasteiger partial charge in [0.05, 0.1) is 10.6 Å². The lowest BCUT2D eigenvalue weighted by Crippen LogP contribution is -2.30. The first kappa shape index (κ1) is 20.6. The highest BCUT2D eigenvalue weighted by atomic mass is 32.1. The maximum absolute atomic E-state index is 6.11. The van der Waals surface area contributed by atoms with Gasteiger partial charge in [0.2, 0.25) is 0 Å². The van der Waals surface area contributed by atoms with E-state index in [0.717, 1.165) is 35.1 Å². The number of aromatic nitrogens is 1. The van der Waals surface area contributed by atoms with Crippen LogP contribution in [0.2, 0.25) is 0 Å². The van der Waals surface area contributed by atoms with Gasteiger partial charge in [-0.15, -0.1) is 11.3 Å². The lowest BCUT2D eigenvalue weighted by atomic mass is 9.81. The average molecular weight is 397 g/mol. The van der Waals surface area contributed by atoms with Crippen LogP contribution in [0.5, 0.6) is 0 Å². The molecule has 1 fully saturated rings. The van der Waals surface area contributed by atoms with E-state index in [1.807, 2.05) is 17.5 Å². The average Bonchev–Trinajstić information content (AvgIpc) is 3.38. The molecule has 2 aromatic heterocycles. The van der Waals surface area contributed by atoms with Crippen molar-refractivity contribution >= 4 is 33.8 Å². The summed E-state index contributed by atoms with van der Waals surface area (Å²) in [5.41, 5.74) is 9.56. The minimum atomic E-state index is 0.571. The molecule has 3 aromatic rings. The first-order valence-electron chi connectivity index (χ1n) is 10.3. The van der Waals surface area contributed by atoms with Crippen molar-refractivity contribution in [3.63, 3.8) is 0 Å². The number of benzene rings is 1. The van der Waals surface area contributed by atoms with Gasteiger partial charge in [-0.3, -0.25) is 0 Å². The third-order valence-electron chi connectivity index (χ3n) is 5.30. The molecule has 0 bridgehead atoms. The summed E-state index contributed by atoms with van der Waals surface area (Å²) in [5.74, 6) is 1.90. The number of rotatable bonds is 4. The molecule has 4 N–H and O–H groups in total. The Balaban J connectivity index is 0.000000706. The summed E-state index contributed by atoms with van der Waals surface area (Å²) < 4.78 is 0. The Morgan fingerprint density at radius 1 is 1.25 bits per heavy atom. The molecule has 0 aliphatic carbocycles. The molecule has 0 amide bonds. The fraction of sp³-hybridized carbons (Fsp3) is 0.435. The zero-order valence-corrected chi connectivity index (χ0v) is 18.0. The minimum Gasteiger partial charge on any atom is -0.383 e. The van der Waals surface area contributed by atoms with Gasteiger partial charge in [-0.2, -0.15) is 0 Å². The molecule has 1 aliphatic rings. The summed E-state index contributed by atoms with van der Waals surface area (Å²) in [4.78, 5) is 9.01. The molecule has 1 aliphatic heterocycles. The Morgan fingerprint density at radius 3 is 2.68 bits per heavy atom. The van der Waals surface area contributed by atoms with E-state index in [2.05, 4.69) is 60.5 Å². The van der Waals surface area contributed by atoms with Gasteiger partial charge in [0.25, 0.3) is 0 Å². The Morgan fingerprint density at radius 2 is 2.00 bits per heavy atom. The third kappa shape index (κ3) is 4.83. The van der Waals surface area contributed by atoms with Gasteiger partial charge in [0.1, 0.15) is 5.84 Å². The van der Waals surface area contributed by atoms with Gasteiger partial charge >= 0.3 is 0 Å². The molecule has 4 nitrogen and oxygen atoms in total. The number of hydrogen-bond acceptors (Lipinski definition) is 3. The van der Waals surface area contributed by atoms with Crippen molar-refractivity contribution < 1.29 is 0 Å². The summed E-state index contributed by atoms with van der Waals surface area (Å²) >= 11 is 1.61. The van der Waals surface area contributed by atoms with Crippen molar-refractivity contribution in [3.8, 4) is 0 Å². The highest BCUT2D eigenvalue weighted by Crippen LogP contribution is 2.35. The number of thiophene rings is 1. The molecule has 1 aromatic carbocycles. The number of fused-ring (bicyclic) bond motifs is 1. The molecule has 28 heavy (non-hydrogen) atoms. The number of H-pyrrole nitrogens is 1. The molecule has 1 unspecified atom stereocenters. The first-order chi connectivity index (χ1) is 13.6. The molecular weight excluding hydrogens is 364 g/mol. The van der Waals surface area contributed by atoms with Crippen molar-refractivity contribution in [1.29, 1.82) is 0 Å². The van der Waals surface area contributed by atoms with Gasteiger partial charge < -0.3 is 16.0 Å². The lowest BCUT2D eigenvalue weighted by Gasteiger charge is -2.28. The van der Waals surface area contributed by atoms with Crippen molar-refractivity contribution in [3.05, 3.63) is 52.3 Å². The molecular formula is C23H32N4S. The quantitative estimate of drug-likeness (QED) is 0.386. The Hall–Kier alpha value is -2.11. The standard InChI is InChI=1S/C20H24N4S.C3H8/c1-13(14-6-8-22-9-7-14)17-12-23-18-11-15(4-5-16(17)18)24-20(21)19-3-2-10-25-19;1-3-2/h2-5,10-14,22-23H,6-9H2,1H3,(H2,21,24);3H2,1-2H3. The molecule has 5 heteroatoms. The maximum atomic E-state index is 6.11. The first-order valence-corrected chi connectivity index (χ1v) is 11.2. The van der Waals surface area contributed by atoms with Crippen LogP contribution in [0.4, 0.5) is 5.69 Å². The SMILES string of the molecule is CC(c1c[nH]c2cc(N=C(N)c3cccs3)ccc12)C1CCNCC1.CCC.